The van der Waals surface area contributed by atoms with Gasteiger partial charge in [0.2, 0.25) is 0 Å². The van der Waals surface area contributed by atoms with Crippen LogP contribution in [-0.4, -0.2) is 21.5 Å². The van der Waals surface area contributed by atoms with E-state index in [4.69, 9.17) is 5.11 Å². The molecule has 0 saturated carbocycles. The van der Waals surface area contributed by atoms with Crippen molar-refractivity contribution in [2.75, 3.05) is 5.32 Å². The average Bonchev–Trinajstić information content (AvgIpc) is 2.21. The van der Waals surface area contributed by atoms with Gasteiger partial charge in [-0.25, -0.2) is 8.78 Å². The Morgan fingerprint density at radius 3 is 2.26 bits per heavy atom. The van der Waals surface area contributed by atoms with Crippen molar-refractivity contribution in [3.8, 4) is 0 Å². The summed E-state index contributed by atoms with van der Waals surface area (Å²) in [5, 5.41) is 21.5. The van der Waals surface area contributed by atoms with Crippen molar-refractivity contribution in [1.82, 2.24) is 0 Å². The maximum absolute atomic E-state index is 13.6. The quantitative estimate of drug-likeness (QED) is 0.635. The normalized spacial score (nSPS) is 11.2. The molecule has 0 saturated heterocycles. The number of carboxylic acid groups (broad SMARTS) is 1. The molecule has 0 bridgehead atoms. The fraction of sp³-hybridized carbons (Fsp3) is 0.364. The van der Waals surface area contributed by atoms with Gasteiger partial charge in [0.1, 0.15) is 5.69 Å². The molecule has 0 aromatic heterocycles. The third-order valence-electron chi connectivity index (χ3n) is 2.29. The zero-order valence-electron chi connectivity index (χ0n) is 10.2. The van der Waals surface area contributed by atoms with Crippen LogP contribution in [-0.2, 0) is 4.79 Å². The van der Waals surface area contributed by atoms with Crippen molar-refractivity contribution in [2.45, 2.75) is 25.8 Å². The summed E-state index contributed by atoms with van der Waals surface area (Å²) >= 11 is 0. The highest BCUT2D eigenvalue weighted by molar-refractivity contribution is 5.69. The van der Waals surface area contributed by atoms with Crippen LogP contribution in [0.3, 0.4) is 0 Å². The van der Waals surface area contributed by atoms with Crippen molar-refractivity contribution in [3.63, 3.8) is 0 Å². The molecule has 1 aromatic rings. The highest BCUT2D eigenvalue weighted by Gasteiger charge is 2.26. The SMILES string of the molecule is CC(C)(CC(=O)O)Nc1c(F)cc([N+](=O)[O-])cc1F. The number of non-ortho nitro benzene ring substituents is 1. The van der Waals surface area contributed by atoms with E-state index in [0.29, 0.717) is 12.1 Å². The fourth-order valence-electron chi connectivity index (χ4n) is 1.55. The number of nitrogens with zero attached hydrogens (tertiary/aromatic N) is 1. The molecular formula is C11H12F2N2O4. The average molecular weight is 274 g/mol. The van der Waals surface area contributed by atoms with E-state index in [1.54, 1.807) is 0 Å². The van der Waals surface area contributed by atoms with Crippen molar-refractivity contribution >= 4 is 17.3 Å². The predicted molar refractivity (Wildman–Crippen MR) is 63.0 cm³/mol. The van der Waals surface area contributed by atoms with E-state index >= 15 is 0 Å². The minimum absolute atomic E-state index is 0.372. The van der Waals surface area contributed by atoms with Crippen LogP contribution in [0.5, 0.6) is 0 Å². The maximum Gasteiger partial charge on any atom is 0.305 e. The number of hydrogen-bond donors (Lipinski definition) is 2. The Morgan fingerprint density at radius 1 is 1.42 bits per heavy atom. The first-order valence-electron chi connectivity index (χ1n) is 5.26. The van der Waals surface area contributed by atoms with Crippen LogP contribution in [0.2, 0.25) is 0 Å². The second-order valence-electron chi connectivity index (χ2n) is 4.62. The second-order valence-corrected chi connectivity index (χ2v) is 4.62. The molecule has 0 atom stereocenters. The van der Waals surface area contributed by atoms with Crippen LogP contribution in [0.1, 0.15) is 20.3 Å². The number of carboxylic acids is 1. The molecule has 0 radical (unpaired) electrons. The summed E-state index contributed by atoms with van der Waals surface area (Å²) in [4.78, 5) is 20.1. The van der Waals surface area contributed by atoms with Crippen molar-refractivity contribution in [2.24, 2.45) is 0 Å². The number of nitro groups is 1. The number of aliphatic carboxylic acids is 1. The lowest BCUT2D eigenvalue weighted by Gasteiger charge is -2.26. The van der Waals surface area contributed by atoms with E-state index in [1.165, 1.54) is 13.8 Å². The number of anilines is 1. The van der Waals surface area contributed by atoms with Gasteiger partial charge in [-0.2, -0.15) is 0 Å². The summed E-state index contributed by atoms with van der Waals surface area (Å²) in [5.41, 5.74) is -2.41. The number of nitro benzene ring substituents is 1. The van der Waals surface area contributed by atoms with E-state index in [1.807, 2.05) is 0 Å². The fourth-order valence-corrected chi connectivity index (χ4v) is 1.55. The highest BCUT2D eigenvalue weighted by Crippen LogP contribution is 2.28. The minimum Gasteiger partial charge on any atom is -0.481 e. The van der Waals surface area contributed by atoms with Gasteiger partial charge in [0.25, 0.3) is 5.69 Å². The largest absolute Gasteiger partial charge is 0.481 e. The lowest BCUT2D eigenvalue weighted by atomic mass is 10.00. The molecule has 0 amide bonds. The molecule has 6 nitrogen and oxygen atoms in total. The van der Waals surface area contributed by atoms with Crippen LogP contribution in [0, 0.1) is 21.7 Å². The van der Waals surface area contributed by atoms with Crippen LogP contribution in [0.25, 0.3) is 0 Å². The monoisotopic (exact) mass is 274 g/mol. The summed E-state index contributed by atoms with van der Waals surface area (Å²) in [5.74, 6) is -3.43. The van der Waals surface area contributed by atoms with Gasteiger partial charge in [-0.05, 0) is 13.8 Å². The first-order valence-corrected chi connectivity index (χ1v) is 5.26. The van der Waals surface area contributed by atoms with Gasteiger partial charge in [0, 0.05) is 5.54 Å². The Hall–Kier alpha value is -2.25. The van der Waals surface area contributed by atoms with Crippen LogP contribution in [0.15, 0.2) is 12.1 Å². The standard InChI is InChI=1S/C11H12F2N2O4/c1-11(2,5-9(16)17)14-10-7(12)3-6(15(18)19)4-8(10)13/h3-4,14H,5H2,1-2H3,(H,16,17). The van der Waals surface area contributed by atoms with Crippen LogP contribution < -0.4 is 5.32 Å². The lowest BCUT2D eigenvalue weighted by molar-refractivity contribution is -0.385. The lowest BCUT2D eigenvalue weighted by Crippen LogP contribution is -2.34. The Bertz CT molecular complexity index is 508. The van der Waals surface area contributed by atoms with Gasteiger partial charge in [-0.15, -0.1) is 0 Å². The number of halogens is 2. The third kappa shape index (κ3) is 3.87. The number of nitrogens with one attached hydrogen (secondary N) is 1. The smallest absolute Gasteiger partial charge is 0.305 e. The van der Waals surface area contributed by atoms with Gasteiger partial charge in [-0.3, -0.25) is 14.9 Å². The first kappa shape index (κ1) is 14.8. The summed E-state index contributed by atoms with van der Waals surface area (Å²) in [6.07, 6.45) is -0.372. The molecule has 0 spiro atoms. The third-order valence-corrected chi connectivity index (χ3v) is 2.29. The molecule has 2 N–H and O–H groups in total. The first-order chi connectivity index (χ1) is 8.62. The van der Waals surface area contributed by atoms with E-state index in [2.05, 4.69) is 5.32 Å². The molecular weight excluding hydrogens is 262 g/mol. The Kier molecular flexibility index (Phi) is 4.03. The zero-order chi connectivity index (χ0) is 14.8. The van der Waals surface area contributed by atoms with E-state index in [0.717, 1.165) is 0 Å². The highest BCUT2D eigenvalue weighted by atomic mass is 19.1. The van der Waals surface area contributed by atoms with Crippen molar-refractivity contribution < 1.29 is 23.6 Å². The summed E-state index contributed by atoms with van der Waals surface area (Å²) in [6.45, 7) is 2.89. The van der Waals surface area contributed by atoms with Gasteiger partial charge >= 0.3 is 5.97 Å². The van der Waals surface area contributed by atoms with Crippen LogP contribution in [0.4, 0.5) is 20.2 Å². The van der Waals surface area contributed by atoms with E-state index in [-0.39, 0.29) is 6.42 Å². The predicted octanol–water partition coefficient (Wildman–Crippen LogP) is 2.54. The maximum atomic E-state index is 13.6. The van der Waals surface area contributed by atoms with Gasteiger partial charge in [-0.1, -0.05) is 0 Å². The molecule has 1 aromatic carbocycles. The molecule has 0 unspecified atom stereocenters. The summed E-state index contributed by atoms with van der Waals surface area (Å²) < 4.78 is 27.2. The number of carbonyl (C=O) groups is 1. The second kappa shape index (κ2) is 5.17. The molecule has 19 heavy (non-hydrogen) atoms. The molecule has 0 fully saturated rings. The Balaban J connectivity index is 3.09. The zero-order valence-corrected chi connectivity index (χ0v) is 10.2. The minimum atomic E-state index is -1.15. The van der Waals surface area contributed by atoms with E-state index < -0.39 is 39.4 Å². The number of benzene rings is 1. The molecule has 1 rings (SSSR count). The van der Waals surface area contributed by atoms with Crippen LogP contribution >= 0.6 is 0 Å². The van der Waals surface area contributed by atoms with Crippen molar-refractivity contribution in [3.05, 3.63) is 33.9 Å². The number of hydrogen-bond acceptors (Lipinski definition) is 4. The molecule has 0 aliphatic carbocycles. The van der Waals surface area contributed by atoms with Crippen molar-refractivity contribution in [1.29, 1.82) is 0 Å². The van der Waals surface area contributed by atoms with E-state index in [9.17, 15) is 23.7 Å². The topological polar surface area (TPSA) is 92.5 Å². The molecule has 8 heteroatoms. The van der Waals surface area contributed by atoms with Gasteiger partial charge in [0.15, 0.2) is 11.6 Å². The molecule has 0 heterocycles. The Morgan fingerprint density at radius 2 is 1.89 bits per heavy atom. The summed E-state index contributed by atoms with van der Waals surface area (Å²) in [6, 6.07) is 1.14. The van der Waals surface area contributed by atoms with Gasteiger partial charge < -0.3 is 10.4 Å². The molecule has 0 aliphatic rings. The molecule has 0 aliphatic heterocycles. The molecule has 104 valence electrons. The Labute approximate surface area is 107 Å². The van der Waals surface area contributed by atoms with Gasteiger partial charge in [0.05, 0.1) is 23.5 Å². The summed E-state index contributed by atoms with van der Waals surface area (Å²) in [7, 11) is 0. The number of rotatable bonds is 5.